The molecular formula is C30H40N6O3. The van der Waals surface area contributed by atoms with Crippen molar-refractivity contribution in [2.75, 3.05) is 19.4 Å². The summed E-state index contributed by atoms with van der Waals surface area (Å²) < 4.78 is 1.88. The van der Waals surface area contributed by atoms with Gasteiger partial charge in [-0.2, -0.15) is 0 Å². The summed E-state index contributed by atoms with van der Waals surface area (Å²) in [6.45, 7) is 3.77. The Kier molecular flexibility index (Phi) is 10.4. The van der Waals surface area contributed by atoms with Crippen molar-refractivity contribution in [3.05, 3.63) is 83.8 Å². The number of imidazole rings is 1. The molecule has 0 saturated carbocycles. The first kappa shape index (κ1) is 29.6. The molecule has 1 heterocycles. The number of amides is 3. The van der Waals surface area contributed by atoms with E-state index in [4.69, 9.17) is 5.73 Å². The van der Waals surface area contributed by atoms with E-state index in [1.165, 1.54) is 5.56 Å². The minimum atomic E-state index is -1.11. The normalized spacial score (nSPS) is 12.0. The van der Waals surface area contributed by atoms with Crippen LogP contribution in [0.2, 0.25) is 0 Å². The SMILES string of the molecule is CN(C)C(=O)CCc1ccccc1Cn1cnc(NC(=O)[C@@H](CCCc2ccccc2)NC(=O)C(C)(C)N)c1. The number of nitrogens with zero attached hydrogens (tertiary/aromatic N) is 3. The number of carbonyl (C=O) groups is 3. The van der Waals surface area contributed by atoms with Crippen molar-refractivity contribution < 1.29 is 14.4 Å². The number of hydrogen-bond donors (Lipinski definition) is 3. The number of hydrogen-bond acceptors (Lipinski definition) is 5. The summed E-state index contributed by atoms with van der Waals surface area (Å²) in [5, 5.41) is 5.65. The van der Waals surface area contributed by atoms with Crippen LogP contribution in [-0.4, -0.2) is 57.8 Å². The predicted molar refractivity (Wildman–Crippen MR) is 153 cm³/mol. The molecule has 3 aromatic rings. The maximum Gasteiger partial charge on any atom is 0.248 e. The van der Waals surface area contributed by atoms with E-state index in [9.17, 15) is 14.4 Å². The lowest BCUT2D eigenvalue weighted by atomic mass is 10.0. The molecule has 9 heteroatoms. The van der Waals surface area contributed by atoms with Gasteiger partial charge in [-0.3, -0.25) is 14.4 Å². The van der Waals surface area contributed by atoms with Gasteiger partial charge in [-0.1, -0.05) is 54.6 Å². The van der Waals surface area contributed by atoms with Gasteiger partial charge in [0, 0.05) is 33.3 Å². The predicted octanol–water partition coefficient (Wildman–Crippen LogP) is 3.14. The Morgan fingerprint density at radius 2 is 1.67 bits per heavy atom. The molecule has 2 aromatic carbocycles. The van der Waals surface area contributed by atoms with Crippen LogP contribution in [0.5, 0.6) is 0 Å². The van der Waals surface area contributed by atoms with E-state index in [0.29, 0.717) is 31.6 Å². The van der Waals surface area contributed by atoms with Gasteiger partial charge in [0.25, 0.3) is 0 Å². The van der Waals surface area contributed by atoms with Crippen molar-refractivity contribution in [1.82, 2.24) is 19.8 Å². The summed E-state index contributed by atoms with van der Waals surface area (Å²) in [7, 11) is 3.51. The molecule has 3 amide bonds. The average Bonchev–Trinajstić information content (AvgIpc) is 3.33. The highest BCUT2D eigenvalue weighted by Crippen LogP contribution is 2.16. The number of aromatic nitrogens is 2. The maximum absolute atomic E-state index is 13.2. The van der Waals surface area contributed by atoms with Gasteiger partial charge in [-0.05, 0) is 56.2 Å². The van der Waals surface area contributed by atoms with Crippen LogP contribution in [0.1, 0.15) is 49.8 Å². The fourth-order valence-corrected chi connectivity index (χ4v) is 4.11. The fourth-order valence-electron chi connectivity index (χ4n) is 4.11. The first-order valence-corrected chi connectivity index (χ1v) is 13.3. The molecule has 208 valence electrons. The summed E-state index contributed by atoms with van der Waals surface area (Å²) in [5.41, 5.74) is 8.20. The van der Waals surface area contributed by atoms with Crippen LogP contribution >= 0.6 is 0 Å². The fraction of sp³-hybridized carbons (Fsp3) is 0.400. The molecule has 0 aliphatic rings. The smallest absolute Gasteiger partial charge is 0.248 e. The van der Waals surface area contributed by atoms with Crippen LogP contribution in [0.4, 0.5) is 5.82 Å². The van der Waals surface area contributed by atoms with E-state index in [-0.39, 0.29) is 11.8 Å². The zero-order valence-electron chi connectivity index (χ0n) is 23.3. The third-order valence-corrected chi connectivity index (χ3v) is 6.47. The van der Waals surface area contributed by atoms with Gasteiger partial charge in [0.1, 0.15) is 6.04 Å². The van der Waals surface area contributed by atoms with E-state index < -0.39 is 17.5 Å². The van der Waals surface area contributed by atoms with Crippen LogP contribution in [0.25, 0.3) is 0 Å². The van der Waals surface area contributed by atoms with Crippen molar-refractivity contribution in [3.8, 4) is 0 Å². The van der Waals surface area contributed by atoms with Crippen LogP contribution in [-0.2, 0) is 33.8 Å². The molecule has 39 heavy (non-hydrogen) atoms. The Hall–Kier alpha value is -3.98. The summed E-state index contributed by atoms with van der Waals surface area (Å²) >= 11 is 0. The lowest BCUT2D eigenvalue weighted by molar-refractivity contribution is -0.129. The van der Waals surface area contributed by atoms with Gasteiger partial charge in [0.2, 0.25) is 17.7 Å². The monoisotopic (exact) mass is 532 g/mol. The quantitative estimate of drug-likeness (QED) is 0.312. The molecule has 0 unspecified atom stereocenters. The molecule has 0 aliphatic carbocycles. The van der Waals surface area contributed by atoms with Crippen molar-refractivity contribution in [2.45, 2.75) is 64.1 Å². The molecule has 9 nitrogen and oxygen atoms in total. The third-order valence-electron chi connectivity index (χ3n) is 6.47. The molecule has 0 aliphatic heterocycles. The lowest BCUT2D eigenvalue weighted by Crippen LogP contribution is -2.54. The van der Waals surface area contributed by atoms with E-state index in [2.05, 4.69) is 15.6 Å². The minimum absolute atomic E-state index is 0.0841. The standard InChI is InChI=1S/C30H40N6O3/c1-30(2,31)29(39)33-25(16-10-13-22-11-6-5-7-12-22)28(38)34-26-20-36(21-32-26)19-24-15-9-8-14-23(24)17-18-27(37)35(3)4/h5-9,11-12,14-15,20-21,25H,10,13,16-19,31H2,1-4H3,(H,33,39)(H,34,38)/t25-/m1/s1. The van der Waals surface area contributed by atoms with Crippen molar-refractivity contribution in [3.63, 3.8) is 0 Å². The third kappa shape index (κ3) is 9.37. The van der Waals surface area contributed by atoms with E-state index in [1.54, 1.807) is 45.4 Å². The molecule has 3 rings (SSSR count). The summed E-state index contributed by atoms with van der Waals surface area (Å²) in [6.07, 6.45) is 6.47. The topological polar surface area (TPSA) is 122 Å². The van der Waals surface area contributed by atoms with Crippen molar-refractivity contribution in [2.24, 2.45) is 5.73 Å². The number of anilines is 1. The van der Waals surface area contributed by atoms with Gasteiger partial charge in [0.05, 0.1) is 11.9 Å². The van der Waals surface area contributed by atoms with E-state index in [1.807, 2.05) is 59.2 Å². The molecule has 0 fully saturated rings. The van der Waals surface area contributed by atoms with Crippen molar-refractivity contribution >= 4 is 23.5 Å². The van der Waals surface area contributed by atoms with Crippen LogP contribution < -0.4 is 16.4 Å². The highest BCUT2D eigenvalue weighted by Gasteiger charge is 2.28. The lowest BCUT2D eigenvalue weighted by Gasteiger charge is -2.23. The summed E-state index contributed by atoms with van der Waals surface area (Å²) in [6, 6.07) is 17.3. The van der Waals surface area contributed by atoms with Gasteiger partial charge in [-0.15, -0.1) is 0 Å². The second-order valence-electron chi connectivity index (χ2n) is 10.6. The zero-order chi connectivity index (χ0) is 28.4. The second-order valence-corrected chi connectivity index (χ2v) is 10.6. The van der Waals surface area contributed by atoms with E-state index >= 15 is 0 Å². The first-order valence-electron chi connectivity index (χ1n) is 13.3. The molecule has 0 radical (unpaired) electrons. The first-order chi connectivity index (χ1) is 18.5. The minimum Gasteiger partial charge on any atom is -0.349 e. The number of rotatable bonds is 13. The highest BCUT2D eigenvalue weighted by molar-refractivity contribution is 5.97. The Labute approximate surface area is 230 Å². The molecule has 0 saturated heterocycles. The van der Waals surface area contributed by atoms with Crippen LogP contribution in [0.3, 0.4) is 0 Å². The molecule has 1 atom stereocenters. The molecule has 1 aromatic heterocycles. The van der Waals surface area contributed by atoms with Gasteiger partial charge < -0.3 is 25.8 Å². The summed E-state index contributed by atoms with van der Waals surface area (Å²) in [5.74, 6) is -0.249. The molecular weight excluding hydrogens is 492 g/mol. The van der Waals surface area contributed by atoms with E-state index in [0.717, 1.165) is 24.0 Å². The Bertz CT molecular complexity index is 1250. The summed E-state index contributed by atoms with van der Waals surface area (Å²) in [4.78, 5) is 43.8. The van der Waals surface area contributed by atoms with Gasteiger partial charge in [-0.25, -0.2) is 4.98 Å². The number of nitrogens with one attached hydrogen (secondary N) is 2. The number of aryl methyl sites for hydroxylation is 2. The van der Waals surface area contributed by atoms with Crippen molar-refractivity contribution in [1.29, 1.82) is 0 Å². The molecule has 4 N–H and O–H groups in total. The Morgan fingerprint density at radius 3 is 2.33 bits per heavy atom. The molecule has 0 bridgehead atoms. The second kappa shape index (κ2) is 13.7. The van der Waals surface area contributed by atoms with Crippen LogP contribution in [0.15, 0.2) is 67.1 Å². The number of nitrogens with two attached hydrogens (primary N) is 1. The Balaban J connectivity index is 1.64. The molecule has 0 spiro atoms. The highest BCUT2D eigenvalue weighted by atomic mass is 16.2. The Morgan fingerprint density at radius 1 is 1.00 bits per heavy atom. The van der Waals surface area contributed by atoms with Gasteiger partial charge >= 0.3 is 0 Å². The van der Waals surface area contributed by atoms with Crippen LogP contribution in [0, 0.1) is 0 Å². The number of carbonyl (C=O) groups excluding carboxylic acids is 3. The largest absolute Gasteiger partial charge is 0.349 e. The number of benzene rings is 2. The maximum atomic E-state index is 13.2. The van der Waals surface area contributed by atoms with Gasteiger partial charge in [0.15, 0.2) is 5.82 Å². The average molecular weight is 533 g/mol. The zero-order valence-corrected chi connectivity index (χ0v) is 23.3.